The summed E-state index contributed by atoms with van der Waals surface area (Å²) in [4.78, 5) is 25.5. The fourth-order valence-electron chi connectivity index (χ4n) is 3.55. The fourth-order valence-corrected chi connectivity index (χ4v) is 3.55. The summed E-state index contributed by atoms with van der Waals surface area (Å²) >= 11 is 0. The average molecular weight is 278 g/mol. The van der Waals surface area contributed by atoms with E-state index in [2.05, 4.69) is 10.3 Å². The Labute approximate surface area is 116 Å². The number of carboxylic acid groups (broad SMARTS) is 1. The second-order valence-electron chi connectivity index (χ2n) is 5.74. The van der Waals surface area contributed by atoms with Gasteiger partial charge in [-0.05, 0) is 18.8 Å². The second-order valence-corrected chi connectivity index (χ2v) is 5.74. The van der Waals surface area contributed by atoms with E-state index in [0.717, 1.165) is 12.8 Å². The Morgan fingerprint density at radius 3 is 2.95 bits per heavy atom. The molecule has 2 heterocycles. The van der Waals surface area contributed by atoms with Crippen molar-refractivity contribution in [2.75, 3.05) is 13.1 Å². The molecule has 1 aromatic heterocycles. The van der Waals surface area contributed by atoms with E-state index in [1.165, 1.54) is 0 Å². The summed E-state index contributed by atoms with van der Waals surface area (Å²) in [6.45, 7) is 1.44. The van der Waals surface area contributed by atoms with Crippen molar-refractivity contribution in [2.24, 2.45) is 11.3 Å². The first-order valence-corrected chi connectivity index (χ1v) is 6.97. The number of hydrogen-bond acceptors (Lipinski definition) is 4. The molecule has 7 heteroatoms. The normalized spacial score (nSPS) is 28.6. The lowest BCUT2D eigenvalue weighted by molar-refractivity contribution is -0.149. The first-order chi connectivity index (χ1) is 9.62. The minimum absolute atomic E-state index is 0.00975. The highest BCUT2D eigenvalue weighted by Gasteiger charge is 2.55. The molecule has 0 spiro atoms. The zero-order valence-electron chi connectivity index (χ0n) is 11.2. The number of aromatic nitrogens is 3. The molecule has 7 nitrogen and oxygen atoms in total. The van der Waals surface area contributed by atoms with Gasteiger partial charge in [0.15, 0.2) is 0 Å². The van der Waals surface area contributed by atoms with Gasteiger partial charge in [0.05, 0.1) is 18.2 Å². The number of carboxylic acids is 1. The van der Waals surface area contributed by atoms with Crippen molar-refractivity contribution in [3.8, 4) is 0 Å². The van der Waals surface area contributed by atoms with Gasteiger partial charge in [-0.1, -0.05) is 11.6 Å². The van der Waals surface area contributed by atoms with E-state index in [-0.39, 0.29) is 11.8 Å². The highest BCUT2D eigenvalue weighted by Crippen LogP contribution is 2.48. The summed E-state index contributed by atoms with van der Waals surface area (Å²) in [5.41, 5.74) is -0.692. The molecule has 1 amide bonds. The summed E-state index contributed by atoms with van der Waals surface area (Å²) in [6, 6.07) is 0. The summed E-state index contributed by atoms with van der Waals surface area (Å²) in [5, 5.41) is 17.0. The van der Waals surface area contributed by atoms with Crippen LogP contribution in [0.1, 0.15) is 25.7 Å². The van der Waals surface area contributed by atoms with Crippen molar-refractivity contribution >= 4 is 11.9 Å². The van der Waals surface area contributed by atoms with E-state index in [4.69, 9.17) is 0 Å². The lowest BCUT2D eigenvalue weighted by Crippen LogP contribution is -2.37. The van der Waals surface area contributed by atoms with E-state index >= 15 is 0 Å². The topological polar surface area (TPSA) is 88.3 Å². The van der Waals surface area contributed by atoms with E-state index in [1.807, 2.05) is 0 Å². The van der Waals surface area contributed by atoms with Crippen molar-refractivity contribution < 1.29 is 14.7 Å². The molecular weight excluding hydrogens is 260 g/mol. The fraction of sp³-hybridized carbons (Fsp3) is 0.692. The largest absolute Gasteiger partial charge is 0.481 e. The minimum atomic E-state index is -0.744. The molecule has 0 aromatic carbocycles. The SMILES string of the molecule is O=C(CCn1ccnn1)N1C[C@@H]2CCC[C@@]2(C(=O)O)C1. The molecule has 108 valence electrons. The van der Waals surface area contributed by atoms with Crippen LogP contribution in [0.15, 0.2) is 12.4 Å². The second kappa shape index (κ2) is 4.88. The highest BCUT2D eigenvalue weighted by molar-refractivity contribution is 5.81. The predicted octanol–water partition coefficient (Wildman–Crippen LogP) is 0.381. The third-order valence-corrected chi connectivity index (χ3v) is 4.68. The zero-order chi connectivity index (χ0) is 14.2. The van der Waals surface area contributed by atoms with Gasteiger partial charge in [0.2, 0.25) is 5.91 Å². The van der Waals surface area contributed by atoms with Gasteiger partial charge in [0.25, 0.3) is 0 Å². The Morgan fingerprint density at radius 1 is 1.45 bits per heavy atom. The number of carbonyl (C=O) groups is 2. The molecule has 0 radical (unpaired) electrons. The molecule has 1 aromatic rings. The molecule has 3 rings (SSSR count). The zero-order valence-corrected chi connectivity index (χ0v) is 11.2. The van der Waals surface area contributed by atoms with Crippen molar-refractivity contribution in [1.29, 1.82) is 0 Å². The standard InChI is InChI=1S/C13H18N4O3/c18-11(3-6-17-7-5-14-15-17)16-8-10-2-1-4-13(10,9-16)12(19)20/h5,7,10H,1-4,6,8-9H2,(H,19,20)/t10-,13+/m0/s1. The van der Waals surface area contributed by atoms with Gasteiger partial charge in [-0.2, -0.15) is 0 Å². The van der Waals surface area contributed by atoms with Crippen LogP contribution in [0.4, 0.5) is 0 Å². The molecule has 1 N–H and O–H groups in total. The number of hydrogen-bond donors (Lipinski definition) is 1. The molecule has 2 atom stereocenters. The lowest BCUT2D eigenvalue weighted by atomic mass is 9.81. The smallest absolute Gasteiger partial charge is 0.311 e. The van der Waals surface area contributed by atoms with Gasteiger partial charge < -0.3 is 10.0 Å². The molecule has 1 aliphatic heterocycles. The van der Waals surface area contributed by atoms with Crippen molar-refractivity contribution in [1.82, 2.24) is 19.9 Å². The van der Waals surface area contributed by atoms with Crippen LogP contribution in [0.25, 0.3) is 0 Å². The first kappa shape index (κ1) is 13.1. The Bertz CT molecular complexity index is 516. The van der Waals surface area contributed by atoms with E-state index < -0.39 is 11.4 Å². The summed E-state index contributed by atoms with van der Waals surface area (Å²) in [5.74, 6) is -0.613. The van der Waals surface area contributed by atoms with Crippen LogP contribution in [-0.2, 0) is 16.1 Å². The number of aryl methyl sites for hydroxylation is 1. The van der Waals surface area contributed by atoms with Gasteiger partial charge >= 0.3 is 5.97 Å². The molecule has 0 bridgehead atoms. The number of fused-ring (bicyclic) bond motifs is 1. The van der Waals surface area contributed by atoms with Crippen molar-refractivity contribution in [2.45, 2.75) is 32.2 Å². The maximum Gasteiger partial charge on any atom is 0.311 e. The van der Waals surface area contributed by atoms with E-state index in [1.54, 1.807) is 22.0 Å². The molecule has 1 saturated carbocycles. The Kier molecular flexibility index (Phi) is 3.19. The van der Waals surface area contributed by atoms with Gasteiger partial charge in [-0.3, -0.25) is 14.3 Å². The molecule has 1 saturated heterocycles. The van der Waals surface area contributed by atoms with E-state index in [0.29, 0.717) is 32.5 Å². The molecule has 20 heavy (non-hydrogen) atoms. The molecule has 2 aliphatic rings. The first-order valence-electron chi connectivity index (χ1n) is 6.97. The Morgan fingerprint density at radius 2 is 2.30 bits per heavy atom. The summed E-state index contributed by atoms with van der Waals surface area (Å²) in [6.07, 6.45) is 6.19. The van der Waals surface area contributed by atoms with Crippen LogP contribution in [0.2, 0.25) is 0 Å². The predicted molar refractivity (Wildman–Crippen MR) is 68.6 cm³/mol. The quantitative estimate of drug-likeness (QED) is 0.860. The van der Waals surface area contributed by atoms with Crippen molar-refractivity contribution in [3.63, 3.8) is 0 Å². The van der Waals surface area contributed by atoms with Crippen LogP contribution < -0.4 is 0 Å². The van der Waals surface area contributed by atoms with Crippen LogP contribution >= 0.6 is 0 Å². The average Bonchev–Trinajstić information content (AvgIpc) is 3.10. The number of amides is 1. The third kappa shape index (κ3) is 2.07. The molecule has 0 unspecified atom stereocenters. The van der Waals surface area contributed by atoms with Crippen LogP contribution in [0.5, 0.6) is 0 Å². The van der Waals surface area contributed by atoms with Gasteiger partial charge in [-0.25, -0.2) is 0 Å². The monoisotopic (exact) mass is 278 g/mol. The highest BCUT2D eigenvalue weighted by atomic mass is 16.4. The van der Waals surface area contributed by atoms with Gasteiger partial charge in [-0.15, -0.1) is 5.10 Å². The Balaban J connectivity index is 1.62. The van der Waals surface area contributed by atoms with Crippen LogP contribution in [0.3, 0.4) is 0 Å². The van der Waals surface area contributed by atoms with Crippen molar-refractivity contribution in [3.05, 3.63) is 12.4 Å². The lowest BCUT2D eigenvalue weighted by Gasteiger charge is -2.23. The number of carbonyl (C=O) groups excluding carboxylic acids is 1. The molecule has 1 aliphatic carbocycles. The maximum atomic E-state index is 12.2. The molecular formula is C13H18N4O3. The number of nitrogens with zero attached hydrogens (tertiary/aromatic N) is 4. The number of aliphatic carboxylic acids is 1. The number of likely N-dealkylation sites (tertiary alicyclic amines) is 1. The van der Waals surface area contributed by atoms with Gasteiger partial charge in [0.1, 0.15) is 0 Å². The van der Waals surface area contributed by atoms with Crippen LogP contribution in [-0.4, -0.2) is 50.0 Å². The third-order valence-electron chi connectivity index (χ3n) is 4.68. The minimum Gasteiger partial charge on any atom is -0.481 e. The Hall–Kier alpha value is -1.92. The maximum absolute atomic E-state index is 12.2. The van der Waals surface area contributed by atoms with E-state index in [9.17, 15) is 14.7 Å². The number of rotatable bonds is 4. The van der Waals surface area contributed by atoms with Gasteiger partial charge in [0, 0.05) is 25.7 Å². The molecule has 2 fully saturated rings. The summed E-state index contributed by atoms with van der Waals surface area (Å²) in [7, 11) is 0. The van der Waals surface area contributed by atoms with Crippen LogP contribution in [0, 0.1) is 11.3 Å². The summed E-state index contributed by atoms with van der Waals surface area (Å²) < 4.78 is 1.61.